The van der Waals surface area contributed by atoms with Gasteiger partial charge in [0.15, 0.2) is 0 Å². The number of rotatable bonds is 6. The number of carbonyl (C=O) groups is 1. The first-order chi connectivity index (χ1) is 19.9. The van der Waals surface area contributed by atoms with Gasteiger partial charge in [-0.15, -0.1) is 0 Å². The van der Waals surface area contributed by atoms with E-state index in [0.29, 0.717) is 73.3 Å². The summed E-state index contributed by atoms with van der Waals surface area (Å²) >= 11 is 0. The number of methoxy groups -OCH3 is 1. The number of piperidine rings is 1. The normalized spacial score (nSPS) is 15.9. The van der Waals surface area contributed by atoms with Crippen LogP contribution in [0.25, 0.3) is 22.0 Å². The molecule has 1 amide bonds. The summed E-state index contributed by atoms with van der Waals surface area (Å²) in [6.07, 6.45) is 7.08. The molecular weight excluding hydrogens is 530 g/mol. The van der Waals surface area contributed by atoms with E-state index in [1.54, 1.807) is 37.5 Å². The predicted molar refractivity (Wildman–Crippen MR) is 153 cm³/mol. The van der Waals surface area contributed by atoms with Crippen LogP contribution in [0.2, 0.25) is 0 Å². The highest BCUT2D eigenvalue weighted by atomic mass is 19.1. The van der Waals surface area contributed by atoms with Crippen molar-refractivity contribution in [3.63, 3.8) is 0 Å². The number of carbonyl (C=O) groups excluding carboxylic acids is 1. The monoisotopic (exact) mass is 560 g/mol. The lowest BCUT2D eigenvalue weighted by molar-refractivity contribution is -0.119. The van der Waals surface area contributed by atoms with E-state index in [9.17, 15) is 9.18 Å². The number of hydrogen-bond donors (Lipinski definition) is 1. The van der Waals surface area contributed by atoms with E-state index in [1.807, 2.05) is 12.1 Å². The fourth-order valence-corrected chi connectivity index (χ4v) is 5.40. The molecule has 1 aromatic carbocycles. The number of anilines is 4. The van der Waals surface area contributed by atoms with Gasteiger partial charge in [0.2, 0.25) is 5.91 Å². The third kappa shape index (κ3) is 5.24. The van der Waals surface area contributed by atoms with Crippen LogP contribution in [0.1, 0.15) is 24.8 Å². The van der Waals surface area contributed by atoms with Crippen molar-refractivity contribution in [2.75, 3.05) is 55.1 Å². The van der Waals surface area contributed by atoms with Crippen LogP contribution in [0.15, 0.2) is 42.9 Å². The van der Waals surface area contributed by atoms with Gasteiger partial charge in [-0.05, 0) is 25.8 Å². The number of halogens is 2. The highest BCUT2D eigenvalue weighted by Crippen LogP contribution is 2.40. The van der Waals surface area contributed by atoms with Gasteiger partial charge in [-0.1, -0.05) is 0 Å². The number of hydrogen-bond acceptors (Lipinski definition) is 8. The Morgan fingerprint density at radius 3 is 2.63 bits per heavy atom. The van der Waals surface area contributed by atoms with Crippen LogP contribution < -0.4 is 19.9 Å². The third-order valence-electron chi connectivity index (χ3n) is 7.54. The summed E-state index contributed by atoms with van der Waals surface area (Å²) in [5, 5.41) is 3.58. The van der Waals surface area contributed by atoms with Crippen molar-refractivity contribution in [1.29, 1.82) is 0 Å². The van der Waals surface area contributed by atoms with Crippen LogP contribution in [0.4, 0.5) is 31.8 Å². The molecule has 0 radical (unpaired) electrons. The molecule has 6 rings (SSSR count). The fraction of sp³-hybridized carbons (Fsp3) is 0.333. The second kappa shape index (κ2) is 11.2. The molecule has 2 saturated heterocycles. The van der Waals surface area contributed by atoms with E-state index in [1.165, 1.54) is 6.07 Å². The van der Waals surface area contributed by atoms with Crippen LogP contribution in [-0.2, 0) is 9.53 Å². The number of aromatic nitrogens is 3. The van der Waals surface area contributed by atoms with Crippen LogP contribution in [0, 0.1) is 18.6 Å². The molecule has 41 heavy (non-hydrogen) atoms. The first-order valence-electron chi connectivity index (χ1n) is 13.6. The summed E-state index contributed by atoms with van der Waals surface area (Å²) in [5.74, 6) is 0.141. The second-order valence-corrected chi connectivity index (χ2v) is 10.1. The number of nitrogens with one attached hydrogen (secondary N) is 1. The Balaban J connectivity index is 1.55. The van der Waals surface area contributed by atoms with Crippen molar-refractivity contribution in [3.8, 4) is 16.9 Å². The molecule has 2 aliphatic rings. The van der Waals surface area contributed by atoms with Gasteiger partial charge in [-0.25, -0.2) is 18.7 Å². The zero-order valence-corrected chi connectivity index (χ0v) is 22.9. The molecule has 5 heterocycles. The molecule has 0 aliphatic carbocycles. The minimum Gasteiger partial charge on any atom is -0.495 e. The maximum Gasteiger partial charge on any atom is 0.228 e. The van der Waals surface area contributed by atoms with Crippen molar-refractivity contribution in [2.24, 2.45) is 0 Å². The summed E-state index contributed by atoms with van der Waals surface area (Å²) in [6, 6.07) is 5.78. The SMILES string of the molecule is COc1cncc(-c2cnc(N3CCOCC3)cc2Nc2c(C)c(N3CCCCC3=O)nc3cc(F)cc(F)c23)c1. The number of fused-ring (bicyclic) bond motifs is 1. The molecule has 2 fully saturated rings. The summed E-state index contributed by atoms with van der Waals surface area (Å²) in [5.41, 5.74) is 3.18. The van der Waals surface area contributed by atoms with E-state index in [4.69, 9.17) is 14.5 Å². The van der Waals surface area contributed by atoms with E-state index in [-0.39, 0.29) is 16.8 Å². The van der Waals surface area contributed by atoms with Crippen molar-refractivity contribution in [2.45, 2.75) is 26.2 Å². The molecule has 0 atom stereocenters. The predicted octanol–water partition coefficient (Wildman–Crippen LogP) is 5.38. The highest BCUT2D eigenvalue weighted by Gasteiger charge is 2.27. The topological polar surface area (TPSA) is 92.7 Å². The zero-order chi connectivity index (χ0) is 28.5. The molecular formula is C30H30F2N6O3. The van der Waals surface area contributed by atoms with Crippen LogP contribution in [0.3, 0.4) is 0 Å². The Hall–Kier alpha value is -4.38. The number of ether oxygens (including phenoxy) is 2. The van der Waals surface area contributed by atoms with Gasteiger partial charge >= 0.3 is 0 Å². The first-order valence-corrected chi connectivity index (χ1v) is 13.6. The van der Waals surface area contributed by atoms with Crippen molar-refractivity contribution >= 4 is 39.8 Å². The first kappa shape index (κ1) is 26.8. The molecule has 11 heteroatoms. The summed E-state index contributed by atoms with van der Waals surface area (Å²) in [4.78, 5) is 30.2. The van der Waals surface area contributed by atoms with Gasteiger partial charge in [0.05, 0.1) is 48.8 Å². The number of morpholine rings is 1. The van der Waals surface area contributed by atoms with Gasteiger partial charge in [-0.3, -0.25) is 14.7 Å². The average molecular weight is 561 g/mol. The minimum absolute atomic E-state index is 0.0596. The summed E-state index contributed by atoms with van der Waals surface area (Å²) in [7, 11) is 1.57. The molecule has 0 spiro atoms. The Morgan fingerprint density at radius 1 is 1.02 bits per heavy atom. The molecule has 0 unspecified atom stereocenters. The molecule has 212 valence electrons. The van der Waals surface area contributed by atoms with Gasteiger partial charge in [0.25, 0.3) is 0 Å². The van der Waals surface area contributed by atoms with Crippen LogP contribution >= 0.6 is 0 Å². The molecule has 9 nitrogen and oxygen atoms in total. The largest absolute Gasteiger partial charge is 0.495 e. The van der Waals surface area contributed by atoms with E-state index in [0.717, 1.165) is 30.3 Å². The van der Waals surface area contributed by atoms with Crippen molar-refractivity contribution < 1.29 is 23.0 Å². The van der Waals surface area contributed by atoms with Gasteiger partial charge in [0, 0.05) is 73.3 Å². The van der Waals surface area contributed by atoms with E-state index >= 15 is 4.39 Å². The lowest BCUT2D eigenvalue weighted by atomic mass is 10.0. The quantitative estimate of drug-likeness (QED) is 0.336. The van der Waals surface area contributed by atoms with Gasteiger partial charge < -0.3 is 19.7 Å². The Labute approximate surface area is 236 Å². The number of benzene rings is 1. The molecule has 4 aromatic rings. The third-order valence-corrected chi connectivity index (χ3v) is 7.54. The summed E-state index contributed by atoms with van der Waals surface area (Å²) < 4.78 is 40.8. The molecule has 1 N–H and O–H groups in total. The Morgan fingerprint density at radius 2 is 1.85 bits per heavy atom. The average Bonchev–Trinajstić information content (AvgIpc) is 2.99. The Kier molecular flexibility index (Phi) is 7.36. The lowest BCUT2D eigenvalue weighted by Crippen LogP contribution is -2.36. The highest BCUT2D eigenvalue weighted by molar-refractivity contribution is 6.02. The van der Waals surface area contributed by atoms with E-state index < -0.39 is 11.6 Å². The smallest absolute Gasteiger partial charge is 0.228 e. The minimum atomic E-state index is -0.748. The molecule has 2 aliphatic heterocycles. The van der Waals surface area contributed by atoms with E-state index in [2.05, 4.69) is 20.2 Å². The van der Waals surface area contributed by atoms with Crippen molar-refractivity contribution in [1.82, 2.24) is 15.0 Å². The number of pyridine rings is 3. The number of amides is 1. The lowest BCUT2D eigenvalue weighted by Gasteiger charge is -2.30. The van der Waals surface area contributed by atoms with Crippen LogP contribution in [0.5, 0.6) is 5.75 Å². The standard InChI is InChI=1S/C30H30F2N6O3/c1-18-29(28-23(32)12-20(31)13-25(28)36-30(18)38-6-4-3-5-27(38)39)35-24-14-26(37-7-9-41-10-8-37)34-17-22(24)19-11-21(40-2)16-33-15-19/h11-17H,3-10H2,1-2H3,(H,34,35,36). The zero-order valence-electron chi connectivity index (χ0n) is 22.9. The molecule has 0 bridgehead atoms. The van der Waals surface area contributed by atoms with Crippen molar-refractivity contribution in [3.05, 3.63) is 60.1 Å². The van der Waals surface area contributed by atoms with Crippen LogP contribution in [-0.4, -0.2) is 60.8 Å². The molecule has 0 saturated carbocycles. The summed E-state index contributed by atoms with van der Waals surface area (Å²) in [6.45, 7) is 4.82. The van der Waals surface area contributed by atoms with Gasteiger partial charge in [0.1, 0.15) is 29.0 Å². The second-order valence-electron chi connectivity index (χ2n) is 10.1. The number of nitrogens with zero attached hydrogens (tertiary/aromatic N) is 5. The Bertz CT molecular complexity index is 1630. The maximum atomic E-state index is 15.5. The fourth-order valence-electron chi connectivity index (χ4n) is 5.40. The van der Waals surface area contributed by atoms with Gasteiger partial charge in [-0.2, -0.15) is 0 Å². The molecule has 3 aromatic heterocycles. The maximum absolute atomic E-state index is 15.5.